The molecule has 1 heterocycles. The van der Waals surface area contributed by atoms with Crippen molar-refractivity contribution in [3.05, 3.63) is 40.3 Å². The van der Waals surface area contributed by atoms with Crippen molar-refractivity contribution in [2.75, 3.05) is 7.05 Å². The van der Waals surface area contributed by atoms with Crippen molar-refractivity contribution in [3.63, 3.8) is 0 Å². The molecule has 0 unspecified atom stereocenters. The standard InChI is InChI=1S/C15H21N3/c1-9-6-10(2)12(4)15(11(9)3)13-7-17-14(18-13)8-16-5/h6-7,16H,8H2,1-5H3,(H,17,18). The van der Waals surface area contributed by atoms with E-state index in [0.29, 0.717) is 0 Å². The SMILES string of the molecule is CNCc1ncc(-c2c(C)c(C)cc(C)c2C)[nH]1. The van der Waals surface area contributed by atoms with Crippen LogP contribution in [0, 0.1) is 27.7 Å². The van der Waals surface area contributed by atoms with Gasteiger partial charge in [-0.25, -0.2) is 4.98 Å². The second kappa shape index (κ2) is 4.94. The van der Waals surface area contributed by atoms with Gasteiger partial charge in [0.2, 0.25) is 0 Å². The molecule has 96 valence electrons. The Balaban J connectivity index is 2.55. The lowest BCUT2D eigenvalue weighted by atomic mass is 9.93. The summed E-state index contributed by atoms with van der Waals surface area (Å²) in [5, 5.41) is 3.11. The summed E-state index contributed by atoms with van der Waals surface area (Å²) in [5.41, 5.74) is 7.73. The first-order chi connectivity index (χ1) is 8.54. The zero-order valence-corrected chi connectivity index (χ0v) is 11.8. The second-order valence-corrected chi connectivity index (χ2v) is 4.91. The summed E-state index contributed by atoms with van der Waals surface area (Å²) >= 11 is 0. The van der Waals surface area contributed by atoms with Gasteiger partial charge in [-0.3, -0.25) is 0 Å². The van der Waals surface area contributed by atoms with Crippen molar-refractivity contribution >= 4 is 0 Å². The topological polar surface area (TPSA) is 40.7 Å². The van der Waals surface area contributed by atoms with E-state index in [9.17, 15) is 0 Å². The number of benzene rings is 1. The van der Waals surface area contributed by atoms with Crippen LogP contribution >= 0.6 is 0 Å². The highest BCUT2D eigenvalue weighted by Gasteiger charge is 2.12. The molecule has 0 atom stereocenters. The first-order valence-corrected chi connectivity index (χ1v) is 6.30. The molecule has 3 nitrogen and oxygen atoms in total. The molecular formula is C15H21N3. The fraction of sp³-hybridized carbons (Fsp3) is 0.400. The van der Waals surface area contributed by atoms with Crippen LogP contribution in [0.1, 0.15) is 28.1 Å². The average Bonchev–Trinajstić information content (AvgIpc) is 2.76. The van der Waals surface area contributed by atoms with Gasteiger partial charge < -0.3 is 10.3 Å². The number of nitrogens with one attached hydrogen (secondary N) is 2. The summed E-state index contributed by atoms with van der Waals surface area (Å²) in [7, 11) is 1.93. The molecule has 2 N–H and O–H groups in total. The number of hydrogen-bond donors (Lipinski definition) is 2. The van der Waals surface area contributed by atoms with Crippen molar-refractivity contribution < 1.29 is 0 Å². The molecule has 2 rings (SSSR count). The lowest BCUT2D eigenvalue weighted by Crippen LogP contribution is -2.06. The molecule has 0 aliphatic carbocycles. The molecule has 3 heteroatoms. The highest BCUT2D eigenvalue weighted by molar-refractivity contribution is 5.70. The van der Waals surface area contributed by atoms with Crippen molar-refractivity contribution in [1.29, 1.82) is 0 Å². The maximum atomic E-state index is 4.41. The molecule has 18 heavy (non-hydrogen) atoms. The van der Waals surface area contributed by atoms with Crippen molar-refractivity contribution in [1.82, 2.24) is 15.3 Å². The van der Waals surface area contributed by atoms with Crippen LogP contribution in [0.5, 0.6) is 0 Å². The number of H-pyrrole nitrogens is 1. The minimum Gasteiger partial charge on any atom is -0.341 e. The summed E-state index contributed by atoms with van der Waals surface area (Å²) in [5.74, 6) is 0.977. The molecule has 0 saturated carbocycles. The Hall–Kier alpha value is -1.61. The van der Waals surface area contributed by atoms with Gasteiger partial charge in [-0.1, -0.05) is 6.07 Å². The average molecular weight is 243 g/mol. The molecule has 0 saturated heterocycles. The predicted molar refractivity (Wildman–Crippen MR) is 75.7 cm³/mol. The predicted octanol–water partition coefficient (Wildman–Crippen LogP) is 3.03. The van der Waals surface area contributed by atoms with Gasteiger partial charge in [0.05, 0.1) is 18.4 Å². The van der Waals surface area contributed by atoms with Crippen LogP contribution in [0.15, 0.2) is 12.3 Å². The molecule has 1 aromatic heterocycles. The van der Waals surface area contributed by atoms with E-state index in [1.54, 1.807) is 0 Å². The molecule has 0 amide bonds. The van der Waals surface area contributed by atoms with Crippen molar-refractivity contribution in [2.24, 2.45) is 0 Å². The highest BCUT2D eigenvalue weighted by Crippen LogP contribution is 2.30. The van der Waals surface area contributed by atoms with Gasteiger partial charge >= 0.3 is 0 Å². The lowest BCUT2D eigenvalue weighted by molar-refractivity contribution is 0.772. The Morgan fingerprint density at radius 3 is 2.28 bits per heavy atom. The molecular weight excluding hydrogens is 222 g/mol. The second-order valence-electron chi connectivity index (χ2n) is 4.91. The van der Waals surface area contributed by atoms with E-state index in [1.165, 1.54) is 27.8 Å². The molecule has 0 fully saturated rings. The van der Waals surface area contributed by atoms with Gasteiger partial charge in [-0.2, -0.15) is 0 Å². The Kier molecular flexibility index (Phi) is 3.53. The van der Waals surface area contributed by atoms with E-state index >= 15 is 0 Å². The molecule has 0 aliphatic rings. The number of aromatic nitrogens is 2. The molecule has 2 aromatic rings. The molecule has 0 spiro atoms. The number of nitrogens with zero attached hydrogens (tertiary/aromatic N) is 1. The van der Waals surface area contributed by atoms with Crippen LogP contribution in [0.4, 0.5) is 0 Å². The summed E-state index contributed by atoms with van der Waals surface area (Å²) in [6, 6.07) is 2.25. The van der Waals surface area contributed by atoms with Gasteiger partial charge in [-0.05, 0) is 57.0 Å². The summed E-state index contributed by atoms with van der Waals surface area (Å²) < 4.78 is 0. The maximum Gasteiger partial charge on any atom is 0.120 e. The smallest absolute Gasteiger partial charge is 0.120 e. The van der Waals surface area contributed by atoms with Crippen molar-refractivity contribution in [3.8, 4) is 11.3 Å². The first kappa shape index (κ1) is 12.8. The fourth-order valence-electron chi connectivity index (χ4n) is 2.37. The largest absolute Gasteiger partial charge is 0.341 e. The summed E-state index contributed by atoms with van der Waals surface area (Å²) in [4.78, 5) is 7.80. The number of rotatable bonds is 3. The number of aryl methyl sites for hydroxylation is 2. The normalized spacial score (nSPS) is 10.9. The molecule has 0 bridgehead atoms. The van der Waals surface area contributed by atoms with Crippen LogP contribution in [0.2, 0.25) is 0 Å². The number of aromatic amines is 1. The van der Waals surface area contributed by atoms with Crippen LogP contribution < -0.4 is 5.32 Å². The van der Waals surface area contributed by atoms with E-state index in [0.717, 1.165) is 18.1 Å². The van der Waals surface area contributed by atoms with Gasteiger partial charge in [0.1, 0.15) is 5.82 Å². The van der Waals surface area contributed by atoms with E-state index in [1.807, 2.05) is 13.2 Å². The van der Waals surface area contributed by atoms with Gasteiger partial charge in [0, 0.05) is 5.56 Å². The van der Waals surface area contributed by atoms with E-state index in [4.69, 9.17) is 0 Å². The molecule has 0 radical (unpaired) electrons. The van der Waals surface area contributed by atoms with Gasteiger partial charge in [0.15, 0.2) is 0 Å². The minimum atomic E-state index is 0.767. The summed E-state index contributed by atoms with van der Waals surface area (Å²) in [6.07, 6.45) is 1.93. The van der Waals surface area contributed by atoms with E-state index in [-0.39, 0.29) is 0 Å². The van der Waals surface area contributed by atoms with Crippen LogP contribution in [0.3, 0.4) is 0 Å². The number of hydrogen-bond acceptors (Lipinski definition) is 2. The summed E-state index contributed by atoms with van der Waals surface area (Å²) in [6.45, 7) is 9.45. The first-order valence-electron chi connectivity index (χ1n) is 6.30. The van der Waals surface area contributed by atoms with E-state index in [2.05, 4.69) is 49.0 Å². The Morgan fingerprint density at radius 1 is 1.11 bits per heavy atom. The third kappa shape index (κ3) is 2.18. The monoisotopic (exact) mass is 243 g/mol. The van der Waals surface area contributed by atoms with Crippen LogP contribution in [-0.4, -0.2) is 17.0 Å². The quantitative estimate of drug-likeness (QED) is 0.870. The van der Waals surface area contributed by atoms with Crippen LogP contribution in [-0.2, 0) is 6.54 Å². The van der Waals surface area contributed by atoms with Gasteiger partial charge in [-0.15, -0.1) is 0 Å². The van der Waals surface area contributed by atoms with Crippen molar-refractivity contribution in [2.45, 2.75) is 34.2 Å². The Labute approximate surface area is 109 Å². The number of imidazole rings is 1. The van der Waals surface area contributed by atoms with Gasteiger partial charge in [0.25, 0.3) is 0 Å². The maximum absolute atomic E-state index is 4.41. The van der Waals surface area contributed by atoms with Crippen LogP contribution in [0.25, 0.3) is 11.3 Å². The third-order valence-electron chi connectivity index (χ3n) is 3.61. The Morgan fingerprint density at radius 2 is 1.72 bits per heavy atom. The lowest BCUT2D eigenvalue weighted by Gasteiger charge is -2.13. The third-order valence-corrected chi connectivity index (χ3v) is 3.61. The highest BCUT2D eigenvalue weighted by atomic mass is 15.0. The molecule has 1 aromatic carbocycles. The zero-order valence-electron chi connectivity index (χ0n) is 11.8. The fourth-order valence-corrected chi connectivity index (χ4v) is 2.37. The van der Waals surface area contributed by atoms with E-state index < -0.39 is 0 Å². The Bertz CT molecular complexity index is 541. The molecule has 0 aliphatic heterocycles. The zero-order chi connectivity index (χ0) is 13.3. The minimum absolute atomic E-state index is 0.767.